The molecule has 0 unspecified atom stereocenters. The summed E-state index contributed by atoms with van der Waals surface area (Å²) in [5.74, 6) is 1.98. The van der Waals surface area contributed by atoms with E-state index in [0.29, 0.717) is 25.6 Å². The van der Waals surface area contributed by atoms with Crippen LogP contribution in [0.5, 0.6) is 5.75 Å². The Kier molecular flexibility index (Phi) is 12.4. The van der Waals surface area contributed by atoms with E-state index in [-0.39, 0.29) is 12.5 Å². The molecule has 12 heteroatoms. The number of aromatic nitrogens is 4. The number of hydrogen-bond donors (Lipinski definition) is 1. The number of likely N-dealkylation sites (N-methyl/N-ethyl adjacent to an activating group) is 1. The van der Waals surface area contributed by atoms with Crippen LogP contribution in [0, 0.1) is 6.92 Å². The first-order chi connectivity index (χ1) is 26.9. The number of aryl methyl sites for hydroxylation is 1. The van der Waals surface area contributed by atoms with E-state index in [9.17, 15) is 4.79 Å². The predicted octanol–water partition coefficient (Wildman–Crippen LogP) is 9.12. The molecule has 0 atom stereocenters. The number of carbonyl (C=O) groups excluding carboxylic acids is 1. The standard InChI is InChI=1S/C43H44N6O4S2/c1-5-48(25-40(50)44-33-15-17-36(52-4)18-16-33)24-34-26-53-41(45-34)37-19-12-31(22-29(37)2)23-30-10-13-32(14-11-30)42-46-35(27-54-42)28-55-43-47-38-8-6-7-9-39(38)49(43)20-21-51-3/h6-19,22,26-27H,5,20-21,23-25,28H2,1-4H3,(H,44,50). The Morgan fingerprint density at radius 1 is 0.945 bits per heavy atom. The van der Waals surface area contributed by atoms with E-state index in [1.807, 2.05) is 48.2 Å². The van der Waals surface area contributed by atoms with E-state index in [4.69, 9.17) is 28.8 Å². The number of nitrogens with zero attached hydrogens (tertiary/aromatic N) is 5. The lowest BCUT2D eigenvalue weighted by molar-refractivity contribution is -0.117. The molecule has 1 amide bonds. The third kappa shape index (κ3) is 9.52. The molecule has 0 aliphatic carbocycles. The van der Waals surface area contributed by atoms with Gasteiger partial charge in [-0.1, -0.05) is 67.2 Å². The maximum Gasteiger partial charge on any atom is 0.238 e. The lowest BCUT2D eigenvalue weighted by Gasteiger charge is -2.18. The van der Waals surface area contributed by atoms with Crippen LogP contribution in [0.25, 0.3) is 33.1 Å². The van der Waals surface area contributed by atoms with E-state index in [0.717, 1.165) is 79.4 Å². The summed E-state index contributed by atoms with van der Waals surface area (Å²) in [6.07, 6.45) is 2.49. The fraction of sp³-hybridized carbons (Fsp3) is 0.256. The molecule has 0 saturated heterocycles. The molecule has 0 aliphatic heterocycles. The first kappa shape index (κ1) is 38.0. The molecular formula is C43H44N6O4S2. The highest BCUT2D eigenvalue weighted by Gasteiger charge is 2.16. The van der Waals surface area contributed by atoms with Crippen molar-refractivity contribution in [1.29, 1.82) is 0 Å². The molecule has 0 radical (unpaired) electrons. The van der Waals surface area contributed by atoms with Crippen LogP contribution in [-0.4, -0.2) is 64.2 Å². The van der Waals surface area contributed by atoms with Crippen molar-refractivity contribution in [3.8, 4) is 27.8 Å². The van der Waals surface area contributed by atoms with Gasteiger partial charge in [0.25, 0.3) is 0 Å². The molecule has 0 fully saturated rings. The molecule has 0 bridgehead atoms. The Hall–Kier alpha value is -5.27. The lowest BCUT2D eigenvalue weighted by Crippen LogP contribution is -2.32. The summed E-state index contributed by atoms with van der Waals surface area (Å²) in [7, 11) is 3.34. The first-order valence-corrected chi connectivity index (χ1v) is 20.1. The molecule has 7 aromatic rings. The van der Waals surface area contributed by atoms with Crippen molar-refractivity contribution in [1.82, 2.24) is 24.4 Å². The Labute approximate surface area is 329 Å². The summed E-state index contributed by atoms with van der Waals surface area (Å²) in [4.78, 5) is 29.4. The van der Waals surface area contributed by atoms with Gasteiger partial charge in [0.05, 0.1) is 42.7 Å². The second kappa shape index (κ2) is 17.9. The van der Waals surface area contributed by atoms with Gasteiger partial charge < -0.3 is 23.8 Å². The number of carbonyl (C=O) groups is 1. The zero-order valence-electron chi connectivity index (χ0n) is 31.5. The minimum Gasteiger partial charge on any atom is -0.497 e. The highest BCUT2D eigenvalue weighted by atomic mass is 32.2. The highest BCUT2D eigenvalue weighted by molar-refractivity contribution is 7.98. The topological polar surface area (TPSA) is 108 Å². The number of rotatable bonds is 17. The van der Waals surface area contributed by atoms with Crippen molar-refractivity contribution < 1.29 is 18.7 Å². The number of imidazole rings is 1. The minimum absolute atomic E-state index is 0.0902. The van der Waals surface area contributed by atoms with Crippen molar-refractivity contribution in [3.05, 3.63) is 131 Å². The zero-order chi connectivity index (χ0) is 38.1. The van der Waals surface area contributed by atoms with Crippen LogP contribution in [0.3, 0.4) is 0 Å². The number of anilines is 1. The van der Waals surface area contributed by atoms with Crippen molar-refractivity contribution in [2.45, 2.75) is 44.3 Å². The number of thioether (sulfide) groups is 1. The normalized spacial score (nSPS) is 11.4. The van der Waals surface area contributed by atoms with Gasteiger partial charge in [0.1, 0.15) is 17.0 Å². The average molecular weight is 773 g/mol. The summed E-state index contributed by atoms with van der Waals surface area (Å²) in [6, 6.07) is 30.6. The molecule has 55 heavy (non-hydrogen) atoms. The second-order valence-corrected chi connectivity index (χ2v) is 15.0. The van der Waals surface area contributed by atoms with Crippen LogP contribution in [-0.2, 0) is 34.8 Å². The Bertz CT molecular complexity index is 2350. The van der Waals surface area contributed by atoms with Crippen molar-refractivity contribution in [3.63, 3.8) is 0 Å². The van der Waals surface area contributed by atoms with E-state index in [1.165, 1.54) is 11.1 Å². The molecule has 10 nitrogen and oxygen atoms in total. The number of methoxy groups -OCH3 is 2. The van der Waals surface area contributed by atoms with Crippen LogP contribution in [0.4, 0.5) is 5.69 Å². The van der Waals surface area contributed by atoms with Gasteiger partial charge in [-0.2, -0.15) is 0 Å². The molecule has 0 spiro atoms. The van der Waals surface area contributed by atoms with Crippen LogP contribution in [0.2, 0.25) is 0 Å². The van der Waals surface area contributed by atoms with Gasteiger partial charge in [0.2, 0.25) is 11.8 Å². The minimum atomic E-state index is -0.0902. The number of oxazole rings is 1. The highest BCUT2D eigenvalue weighted by Crippen LogP contribution is 2.31. The third-order valence-electron chi connectivity index (χ3n) is 9.30. The molecule has 3 aromatic heterocycles. The smallest absolute Gasteiger partial charge is 0.238 e. The Morgan fingerprint density at radius 3 is 2.51 bits per heavy atom. The average Bonchev–Trinajstić information content (AvgIpc) is 3.96. The number of thiazole rings is 1. The van der Waals surface area contributed by atoms with Gasteiger partial charge >= 0.3 is 0 Å². The van der Waals surface area contributed by atoms with Crippen molar-refractivity contribution in [2.24, 2.45) is 0 Å². The molecule has 0 saturated carbocycles. The van der Waals surface area contributed by atoms with Gasteiger partial charge in [0.15, 0.2) is 5.16 Å². The first-order valence-electron chi connectivity index (χ1n) is 18.2. The van der Waals surface area contributed by atoms with Crippen molar-refractivity contribution >= 4 is 45.7 Å². The summed E-state index contributed by atoms with van der Waals surface area (Å²) >= 11 is 3.38. The summed E-state index contributed by atoms with van der Waals surface area (Å²) in [5.41, 5.74) is 10.3. The van der Waals surface area contributed by atoms with E-state index in [2.05, 4.69) is 76.8 Å². The molecule has 0 aliphatic rings. The number of nitrogens with one attached hydrogen (secondary N) is 1. The van der Waals surface area contributed by atoms with Gasteiger partial charge in [-0.15, -0.1) is 11.3 Å². The Morgan fingerprint density at radius 2 is 1.75 bits per heavy atom. The maximum atomic E-state index is 12.7. The summed E-state index contributed by atoms with van der Waals surface area (Å²) < 4.78 is 18.7. The quantitative estimate of drug-likeness (QED) is 0.0908. The molecule has 1 N–H and O–H groups in total. The van der Waals surface area contributed by atoms with E-state index >= 15 is 0 Å². The predicted molar refractivity (Wildman–Crippen MR) is 221 cm³/mol. The monoisotopic (exact) mass is 772 g/mol. The fourth-order valence-corrected chi connectivity index (χ4v) is 8.24. The SMILES string of the molecule is CCN(CC(=O)Nc1ccc(OC)cc1)Cc1coc(-c2ccc(Cc3ccc(-c4nc(CSc5nc6ccccc6n5CCOC)cs4)cc3)cc2C)n1. The van der Waals surface area contributed by atoms with Crippen molar-refractivity contribution in [2.75, 3.05) is 39.2 Å². The summed E-state index contributed by atoms with van der Waals surface area (Å²) in [5, 5.41) is 7.08. The number of ether oxygens (including phenoxy) is 2. The Balaban J connectivity index is 0.927. The third-order valence-corrected chi connectivity index (χ3v) is 11.2. The van der Waals surface area contributed by atoms with Gasteiger partial charge in [-0.3, -0.25) is 9.69 Å². The zero-order valence-corrected chi connectivity index (χ0v) is 33.1. The molecule has 282 valence electrons. The second-order valence-electron chi connectivity index (χ2n) is 13.2. The molecule has 4 aromatic carbocycles. The van der Waals surface area contributed by atoms with E-state index < -0.39 is 0 Å². The number of fused-ring (bicyclic) bond motifs is 1. The van der Waals surface area contributed by atoms with Gasteiger partial charge in [-0.25, -0.2) is 15.0 Å². The fourth-order valence-electron chi connectivity index (χ4n) is 6.37. The van der Waals surface area contributed by atoms with Crippen LogP contribution < -0.4 is 10.1 Å². The number of hydrogen-bond acceptors (Lipinski definition) is 10. The largest absolute Gasteiger partial charge is 0.497 e. The molecular weight excluding hydrogens is 729 g/mol. The number of para-hydroxylation sites is 2. The summed E-state index contributed by atoms with van der Waals surface area (Å²) in [6.45, 7) is 6.94. The maximum absolute atomic E-state index is 12.7. The van der Waals surface area contributed by atoms with Gasteiger partial charge in [-0.05, 0) is 79.0 Å². The molecule has 7 rings (SSSR count). The number of amides is 1. The molecule has 3 heterocycles. The van der Waals surface area contributed by atoms with Gasteiger partial charge in [0, 0.05) is 48.1 Å². The van der Waals surface area contributed by atoms with E-state index in [1.54, 1.807) is 43.6 Å². The van der Waals surface area contributed by atoms with Crippen LogP contribution >= 0.6 is 23.1 Å². The number of benzene rings is 4. The van der Waals surface area contributed by atoms with Crippen LogP contribution in [0.1, 0.15) is 35.0 Å². The lowest BCUT2D eigenvalue weighted by atomic mass is 9.99. The van der Waals surface area contributed by atoms with Crippen LogP contribution in [0.15, 0.2) is 112 Å².